The van der Waals surface area contributed by atoms with Crippen LogP contribution in [0.3, 0.4) is 0 Å². The summed E-state index contributed by atoms with van der Waals surface area (Å²) in [5.74, 6) is 1.83. The molecule has 0 aliphatic heterocycles. The molecule has 2 atom stereocenters. The predicted molar refractivity (Wildman–Crippen MR) is 138 cm³/mol. The highest BCUT2D eigenvalue weighted by Gasteiger charge is 2.11. The van der Waals surface area contributed by atoms with E-state index in [4.69, 9.17) is 9.41 Å². The summed E-state index contributed by atoms with van der Waals surface area (Å²) in [5, 5.41) is 7.16. The number of nitrogens with one attached hydrogen (secondary N) is 2. The third-order valence-electron chi connectivity index (χ3n) is 5.25. The van der Waals surface area contributed by atoms with Crippen LogP contribution in [0.5, 0.6) is 0 Å². The molecule has 1 aromatic heterocycles. The molecule has 0 aliphatic rings. The molecule has 30 heavy (non-hydrogen) atoms. The first kappa shape index (κ1) is 26.5. The van der Waals surface area contributed by atoms with Gasteiger partial charge in [-0.3, -0.25) is 4.99 Å². The summed E-state index contributed by atoms with van der Waals surface area (Å²) in [6.07, 6.45) is 4.82. The molecule has 0 amide bonds. The van der Waals surface area contributed by atoms with Crippen molar-refractivity contribution in [1.82, 2.24) is 15.5 Å². The lowest BCUT2D eigenvalue weighted by atomic mass is 10.1. The van der Waals surface area contributed by atoms with Gasteiger partial charge in [0.05, 0.1) is 12.3 Å². The molecular weight excluding hydrogens is 487 g/mol. The van der Waals surface area contributed by atoms with Gasteiger partial charge in [-0.2, -0.15) is 0 Å². The van der Waals surface area contributed by atoms with E-state index in [0.717, 1.165) is 44.2 Å². The quantitative estimate of drug-likeness (QED) is 0.226. The Hall–Kier alpha value is -1.54. The Kier molecular flexibility index (Phi) is 13.5. The maximum absolute atomic E-state index is 5.43. The van der Waals surface area contributed by atoms with Gasteiger partial charge in [-0.15, -0.1) is 24.0 Å². The second-order valence-corrected chi connectivity index (χ2v) is 7.55. The number of furan rings is 1. The van der Waals surface area contributed by atoms with E-state index < -0.39 is 0 Å². The lowest BCUT2D eigenvalue weighted by Crippen LogP contribution is -2.43. The molecule has 2 unspecified atom stereocenters. The summed E-state index contributed by atoms with van der Waals surface area (Å²) >= 11 is 0. The molecule has 0 spiro atoms. The van der Waals surface area contributed by atoms with Crippen LogP contribution in [0.2, 0.25) is 0 Å². The lowest BCUT2D eigenvalue weighted by Gasteiger charge is -2.23. The minimum absolute atomic E-state index is 0. The molecule has 0 fully saturated rings. The van der Waals surface area contributed by atoms with Gasteiger partial charge < -0.3 is 20.0 Å². The summed E-state index contributed by atoms with van der Waals surface area (Å²) in [4.78, 5) is 7.28. The van der Waals surface area contributed by atoms with Crippen molar-refractivity contribution in [1.29, 1.82) is 0 Å². The average Bonchev–Trinajstić information content (AvgIpc) is 3.25. The molecule has 2 rings (SSSR count). The van der Waals surface area contributed by atoms with E-state index in [2.05, 4.69) is 67.5 Å². The van der Waals surface area contributed by atoms with E-state index in [1.54, 1.807) is 6.26 Å². The Labute approximate surface area is 199 Å². The highest BCUT2D eigenvalue weighted by atomic mass is 127. The van der Waals surface area contributed by atoms with Crippen molar-refractivity contribution in [3.63, 3.8) is 0 Å². The van der Waals surface area contributed by atoms with E-state index in [9.17, 15) is 0 Å². The van der Waals surface area contributed by atoms with Crippen LogP contribution >= 0.6 is 24.0 Å². The number of hydrogen-bond acceptors (Lipinski definition) is 3. The maximum Gasteiger partial charge on any atom is 0.191 e. The van der Waals surface area contributed by atoms with Gasteiger partial charge in [-0.05, 0) is 64.0 Å². The van der Waals surface area contributed by atoms with Crippen LogP contribution in [0.1, 0.15) is 57.9 Å². The van der Waals surface area contributed by atoms with Crippen LogP contribution in [0, 0.1) is 0 Å². The van der Waals surface area contributed by atoms with Gasteiger partial charge in [-0.25, -0.2) is 0 Å². The monoisotopic (exact) mass is 526 g/mol. The SMILES string of the molecule is CCN(CC)CCCC(C)NC(=NCCc1ccco1)NC(C)c1ccccc1.I. The van der Waals surface area contributed by atoms with Gasteiger partial charge in [0, 0.05) is 19.0 Å². The Morgan fingerprint density at radius 2 is 1.77 bits per heavy atom. The molecular formula is C24H39IN4O. The molecule has 0 radical (unpaired) electrons. The number of halogens is 1. The molecule has 2 N–H and O–H groups in total. The summed E-state index contributed by atoms with van der Waals surface area (Å²) in [6.45, 7) is 12.9. The van der Waals surface area contributed by atoms with Crippen molar-refractivity contribution in [2.24, 2.45) is 4.99 Å². The van der Waals surface area contributed by atoms with E-state index in [0.29, 0.717) is 12.6 Å². The van der Waals surface area contributed by atoms with Crippen LogP contribution < -0.4 is 10.6 Å². The van der Waals surface area contributed by atoms with Crippen molar-refractivity contribution >= 4 is 29.9 Å². The Balaban J connectivity index is 0.00000450. The molecule has 0 saturated carbocycles. The second kappa shape index (κ2) is 15.3. The summed E-state index contributed by atoms with van der Waals surface area (Å²) in [5.41, 5.74) is 1.25. The largest absolute Gasteiger partial charge is 0.469 e. The molecule has 5 nitrogen and oxygen atoms in total. The highest BCUT2D eigenvalue weighted by molar-refractivity contribution is 14.0. The fourth-order valence-corrected chi connectivity index (χ4v) is 3.36. The first-order valence-corrected chi connectivity index (χ1v) is 11.0. The number of benzene rings is 1. The average molecular weight is 527 g/mol. The zero-order chi connectivity index (χ0) is 20.9. The molecule has 0 bridgehead atoms. The van der Waals surface area contributed by atoms with Crippen molar-refractivity contribution in [3.05, 3.63) is 60.1 Å². The topological polar surface area (TPSA) is 52.8 Å². The fourth-order valence-electron chi connectivity index (χ4n) is 3.36. The normalized spacial score (nSPS) is 13.6. The standard InChI is InChI=1S/C24H38N4O.HI/c1-5-28(6-2)18-10-12-20(3)26-24(25-17-16-23-15-11-19-29-23)27-21(4)22-13-8-7-9-14-22;/h7-9,11,13-15,19-21H,5-6,10,12,16-18H2,1-4H3,(H2,25,26,27);1H. The van der Waals surface area contributed by atoms with Crippen LogP contribution in [0.25, 0.3) is 0 Å². The molecule has 1 heterocycles. The molecule has 1 aromatic carbocycles. The van der Waals surface area contributed by atoms with Crippen molar-refractivity contribution in [3.8, 4) is 0 Å². The van der Waals surface area contributed by atoms with Crippen LogP contribution in [-0.4, -0.2) is 43.1 Å². The summed E-state index contributed by atoms with van der Waals surface area (Å²) in [6, 6.07) is 15.0. The smallest absolute Gasteiger partial charge is 0.191 e. The number of aliphatic imine (C=N–C) groups is 1. The molecule has 2 aromatic rings. The van der Waals surface area contributed by atoms with Crippen molar-refractivity contribution in [2.75, 3.05) is 26.2 Å². The summed E-state index contributed by atoms with van der Waals surface area (Å²) in [7, 11) is 0. The molecule has 6 heteroatoms. The van der Waals surface area contributed by atoms with Gasteiger partial charge in [0.15, 0.2) is 5.96 Å². The first-order valence-electron chi connectivity index (χ1n) is 11.0. The highest BCUT2D eigenvalue weighted by Crippen LogP contribution is 2.11. The molecule has 0 saturated heterocycles. The van der Waals surface area contributed by atoms with Crippen LogP contribution in [0.4, 0.5) is 0 Å². The van der Waals surface area contributed by atoms with Crippen molar-refractivity contribution < 1.29 is 4.42 Å². The fraction of sp³-hybridized carbons (Fsp3) is 0.542. The third-order valence-corrected chi connectivity index (χ3v) is 5.25. The van der Waals surface area contributed by atoms with Gasteiger partial charge in [-0.1, -0.05) is 44.2 Å². The van der Waals surface area contributed by atoms with E-state index >= 15 is 0 Å². The lowest BCUT2D eigenvalue weighted by molar-refractivity contribution is 0.292. The third kappa shape index (κ3) is 9.98. The van der Waals surface area contributed by atoms with E-state index in [-0.39, 0.29) is 30.0 Å². The number of hydrogen-bond donors (Lipinski definition) is 2. The van der Waals surface area contributed by atoms with Crippen LogP contribution in [0.15, 0.2) is 58.1 Å². The second-order valence-electron chi connectivity index (χ2n) is 7.55. The van der Waals surface area contributed by atoms with Gasteiger partial charge in [0.1, 0.15) is 5.76 Å². The Morgan fingerprint density at radius 3 is 2.40 bits per heavy atom. The predicted octanol–water partition coefficient (Wildman–Crippen LogP) is 5.25. The van der Waals surface area contributed by atoms with Crippen molar-refractivity contribution in [2.45, 2.75) is 59.0 Å². The Morgan fingerprint density at radius 1 is 1.03 bits per heavy atom. The zero-order valence-electron chi connectivity index (χ0n) is 18.9. The van der Waals surface area contributed by atoms with Gasteiger partial charge in [0.2, 0.25) is 0 Å². The molecule has 0 aliphatic carbocycles. The number of nitrogens with zero attached hydrogens (tertiary/aromatic N) is 2. The molecule has 168 valence electrons. The van der Waals surface area contributed by atoms with Gasteiger partial charge in [0.25, 0.3) is 0 Å². The maximum atomic E-state index is 5.43. The summed E-state index contributed by atoms with van der Waals surface area (Å²) < 4.78 is 5.43. The zero-order valence-corrected chi connectivity index (χ0v) is 21.3. The number of rotatable bonds is 12. The van der Waals surface area contributed by atoms with Gasteiger partial charge >= 0.3 is 0 Å². The van der Waals surface area contributed by atoms with E-state index in [1.165, 1.54) is 12.0 Å². The van der Waals surface area contributed by atoms with E-state index in [1.807, 2.05) is 18.2 Å². The first-order chi connectivity index (χ1) is 14.1. The minimum atomic E-state index is 0. The van der Waals surface area contributed by atoms with Crippen LogP contribution in [-0.2, 0) is 6.42 Å². The number of guanidine groups is 1. The minimum Gasteiger partial charge on any atom is -0.469 e. The Bertz CT molecular complexity index is 686.